The van der Waals surface area contributed by atoms with Gasteiger partial charge in [-0.3, -0.25) is 0 Å². The molecule has 0 aromatic heterocycles. The van der Waals surface area contributed by atoms with E-state index >= 15 is 0 Å². The lowest BCUT2D eigenvalue weighted by Crippen LogP contribution is -2.30. The lowest BCUT2D eigenvalue weighted by Gasteiger charge is -2.18. The summed E-state index contributed by atoms with van der Waals surface area (Å²) < 4.78 is 5.23. The summed E-state index contributed by atoms with van der Waals surface area (Å²) in [5.41, 5.74) is 0. The van der Waals surface area contributed by atoms with Crippen molar-refractivity contribution in [1.29, 1.82) is 0 Å². The molecule has 1 heterocycles. The van der Waals surface area contributed by atoms with E-state index in [9.17, 15) is 0 Å². The zero-order valence-electron chi connectivity index (χ0n) is 9.68. The number of nitrogens with zero attached hydrogens (tertiary/aromatic N) is 2. The van der Waals surface area contributed by atoms with Crippen LogP contribution in [0.2, 0.25) is 10.0 Å². The highest BCUT2D eigenvalue weighted by Crippen LogP contribution is 2.23. The summed E-state index contributed by atoms with van der Waals surface area (Å²) in [5, 5.41) is 18.3. The van der Waals surface area contributed by atoms with Crippen LogP contribution < -0.4 is 10.7 Å². The topological polar surface area (TPSA) is 74.4 Å². The van der Waals surface area contributed by atoms with E-state index in [1.807, 2.05) is 0 Å². The van der Waals surface area contributed by atoms with Gasteiger partial charge in [0.2, 0.25) is 0 Å². The first-order valence-electron chi connectivity index (χ1n) is 5.44. The molecular weight excluding hydrogens is 314 g/mol. The van der Waals surface area contributed by atoms with Crippen molar-refractivity contribution in [2.75, 3.05) is 19.8 Å². The van der Waals surface area contributed by atoms with E-state index in [0.29, 0.717) is 20.8 Å². The number of aliphatic hydroxyl groups excluding tert-OH is 2. The van der Waals surface area contributed by atoms with Crippen LogP contribution in [0, 0.1) is 0 Å². The maximum absolute atomic E-state index is 8.91. The molecule has 5 nitrogen and oxygen atoms in total. The fourth-order valence-electron chi connectivity index (χ4n) is 1.55. The highest BCUT2D eigenvalue weighted by molar-refractivity contribution is 6.41. The van der Waals surface area contributed by atoms with E-state index < -0.39 is 11.2 Å². The molecule has 2 rings (SSSR count). The Balaban J connectivity index is 2.21. The van der Waals surface area contributed by atoms with Gasteiger partial charge in [0, 0.05) is 0 Å². The Kier molecular flexibility index (Phi) is 4.66. The van der Waals surface area contributed by atoms with Gasteiger partial charge in [-0.15, -0.1) is 0 Å². The average molecular weight is 326 g/mol. The zero-order valence-corrected chi connectivity index (χ0v) is 12.0. The van der Waals surface area contributed by atoms with Crippen LogP contribution in [-0.2, 0) is 4.74 Å². The highest BCUT2D eigenvalue weighted by Gasteiger charge is 2.30. The molecule has 104 valence electrons. The molecule has 19 heavy (non-hydrogen) atoms. The van der Waals surface area contributed by atoms with Crippen molar-refractivity contribution in [3.63, 3.8) is 0 Å². The number of aliphatic hydroxyl groups is 2. The minimum Gasteiger partial charge on any atom is -0.394 e. The van der Waals surface area contributed by atoms with Gasteiger partial charge in [-0.1, -0.05) is 34.8 Å². The van der Waals surface area contributed by atoms with Crippen molar-refractivity contribution in [3.8, 4) is 0 Å². The van der Waals surface area contributed by atoms with Gasteiger partial charge in [0.05, 0.1) is 34.0 Å². The average Bonchev–Trinajstić information content (AvgIpc) is 2.67. The van der Waals surface area contributed by atoms with Crippen molar-refractivity contribution in [2.45, 2.75) is 11.2 Å². The molecule has 0 aliphatic carbocycles. The first-order chi connectivity index (χ1) is 8.97. The number of alkyl halides is 1. The molecule has 0 bridgehead atoms. The molecule has 1 aliphatic rings. The Morgan fingerprint density at radius 3 is 2.00 bits per heavy atom. The molecule has 1 aliphatic heterocycles. The minimum atomic E-state index is -1.32. The second kappa shape index (κ2) is 5.91. The summed E-state index contributed by atoms with van der Waals surface area (Å²) >= 11 is 18.0. The maximum Gasteiger partial charge on any atom is 0.250 e. The van der Waals surface area contributed by atoms with Gasteiger partial charge < -0.3 is 14.9 Å². The number of fused-ring (bicyclic) bond motifs is 1. The first-order valence-corrected chi connectivity index (χ1v) is 6.58. The predicted octanol–water partition coefficient (Wildman–Crippen LogP) is 0.509. The van der Waals surface area contributed by atoms with Gasteiger partial charge in [0.25, 0.3) is 5.12 Å². The van der Waals surface area contributed by atoms with Crippen LogP contribution in [-0.4, -0.2) is 41.3 Å². The lowest BCUT2D eigenvalue weighted by atomic mass is 10.3. The maximum atomic E-state index is 8.91. The normalized spacial score (nSPS) is 16.1. The molecular formula is C11H11Cl3N2O3. The van der Waals surface area contributed by atoms with E-state index in [1.165, 1.54) is 0 Å². The second-order valence-corrected chi connectivity index (χ2v) is 5.42. The Morgan fingerprint density at radius 1 is 1.11 bits per heavy atom. The molecule has 0 fully saturated rings. The van der Waals surface area contributed by atoms with Crippen LogP contribution in [0.15, 0.2) is 22.1 Å². The summed E-state index contributed by atoms with van der Waals surface area (Å²) in [6.07, 6.45) is -0.711. The molecule has 1 aromatic rings. The molecule has 0 saturated carbocycles. The van der Waals surface area contributed by atoms with Crippen LogP contribution in [0.25, 0.3) is 0 Å². The smallest absolute Gasteiger partial charge is 0.250 e. The van der Waals surface area contributed by atoms with Crippen molar-refractivity contribution >= 4 is 34.8 Å². The molecule has 0 saturated heterocycles. The Morgan fingerprint density at radius 2 is 1.58 bits per heavy atom. The first kappa shape index (κ1) is 15.0. The Labute approximate surface area is 124 Å². The molecule has 0 unspecified atom stereocenters. The minimum absolute atomic E-state index is 0.0791. The van der Waals surface area contributed by atoms with Crippen LogP contribution in [0.4, 0.5) is 0 Å². The van der Waals surface area contributed by atoms with Crippen molar-refractivity contribution in [2.24, 2.45) is 9.98 Å². The third-order valence-corrected chi connectivity index (χ3v) is 3.51. The zero-order chi connectivity index (χ0) is 14.0. The summed E-state index contributed by atoms with van der Waals surface area (Å²) in [6, 6.07) is 3.14. The third-order valence-electron chi connectivity index (χ3n) is 2.51. The van der Waals surface area contributed by atoms with Gasteiger partial charge in [0.15, 0.2) is 0 Å². The number of rotatable bonds is 5. The molecule has 0 spiro atoms. The van der Waals surface area contributed by atoms with Crippen LogP contribution in [0.5, 0.6) is 0 Å². The van der Waals surface area contributed by atoms with E-state index in [1.54, 1.807) is 12.1 Å². The number of benzene rings is 1. The second-order valence-electron chi connectivity index (χ2n) is 4.00. The van der Waals surface area contributed by atoms with Crippen LogP contribution in [0.3, 0.4) is 0 Å². The van der Waals surface area contributed by atoms with Gasteiger partial charge in [-0.05, 0) is 12.1 Å². The largest absolute Gasteiger partial charge is 0.394 e. The molecule has 2 N–H and O–H groups in total. The van der Waals surface area contributed by atoms with E-state index in [2.05, 4.69) is 9.98 Å². The van der Waals surface area contributed by atoms with Crippen LogP contribution >= 0.6 is 34.8 Å². The summed E-state index contributed by atoms with van der Waals surface area (Å²) in [7, 11) is 0. The lowest BCUT2D eigenvalue weighted by molar-refractivity contribution is -0.0277. The van der Waals surface area contributed by atoms with Crippen molar-refractivity contribution < 1.29 is 14.9 Å². The fraction of sp³-hybridized carbons (Fsp3) is 0.455. The van der Waals surface area contributed by atoms with Gasteiger partial charge in [0.1, 0.15) is 12.7 Å². The number of hydrogen-bond acceptors (Lipinski definition) is 5. The molecule has 8 heteroatoms. The van der Waals surface area contributed by atoms with Crippen LogP contribution in [0.1, 0.15) is 0 Å². The number of ether oxygens (including phenoxy) is 1. The Bertz CT molecular complexity index is 549. The summed E-state index contributed by atoms with van der Waals surface area (Å²) in [5.74, 6) is 0. The van der Waals surface area contributed by atoms with Crippen molar-refractivity contribution in [1.82, 2.24) is 0 Å². The van der Waals surface area contributed by atoms with Crippen molar-refractivity contribution in [3.05, 3.63) is 32.9 Å². The Hall–Kier alpha value is -0.430. The summed E-state index contributed by atoms with van der Waals surface area (Å²) in [4.78, 5) is 8.39. The molecule has 0 amide bonds. The van der Waals surface area contributed by atoms with E-state index in [-0.39, 0.29) is 19.8 Å². The highest BCUT2D eigenvalue weighted by atomic mass is 35.5. The fourth-order valence-corrected chi connectivity index (χ4v) is 2.11. The third kappa shape index (κ3) is 3.37. The van der Waals surface area contributed by atoms with Gasteiger partial charge >= 0.3 is 0 Å². The number of halogens is 3. The van der Waals surface area contributed by atoms with E-state index in [0.717, 1.165) is 0 Å². The monoisotopic (exact) mass is 324 g/mol. The number of hydrogen-bond donors (Lipinski definition) is 2. The molecule has 0 atom stereocenters. The van der Waals surface area contributed by atoms with Gasteiger partial charge in [-0.25, -0.2) is 9.98 Å². The van der Waals surface area contributed by atoms with Gasteiger partial charge in [-0.2, -0.15) is 0 Å². The quantitative estimate of drug-likeness (QED) is 0.612. The molecule has 1 aromatic carbocycles. The molecule has 0 radical (unpaired) electrons. The van der Waals surface area contributed by atoms with E-state index in [4.69, 9.17) is 49.8 Å². The summed E-state index contributed by atoms with van der Waals surface area (Å²) in [6.45, 7) is -0.702. The SMILES string of the molecule is OCC(CO)OCC1(Cl)N=c2cc(Cl)c(Cl)cc2=N1. The predicted molar refractivity (Wildman–Crippen MR) is 71.3 cm³/mol. The standard InChI is InChI=1S/C11H11Cl3N2O3/c12-7-1-9-10(2-8(7)13)16-11(14,15-9)5-19-6(3-17)4-18/h1-2,6,17-18H,3-5H2.